The highest BCUT2D eigenvalue weighted by Gasteiger charge is 2.25. The molecule has 138 valence electrons. The maximum Gasteiger partial charge on any atom is 0.344 e. The molecule has 0 amide bonds. The summed E-state index contributed by atoms with van der Waals surface area (Å²) in [5.41, 5.74) is 0.404. The second kappa shape index (κ2) is 9.81. The molecular weight excluding hydrogens is 324 g/mol. The molecule has 1 heterocycles. The summed E-state index contributed by atoms with van der Waals surface area (Å²) in [5, 5.41) is 10.6. The predicted octanol–water partition coefficient (Wildman–Crippen LogP) is 3.84. The van der Waals surface area contributed by atoms with Crippen LogP contribution in [0.1, 0.15) is 45.1 Å². The van der Waals surface area contributed by atoms with E-state index in [2.05, 4.69) is 6.92 Å². The summed E-state index contributed by atoms with van der Waals surface area (Å²) in [5.74, 6) is 0.770. The smallest absolute Gasteiger partial charge is 0.344 e. The molecule has 25 heavy (non-hydrogen) atoms. The number of aliphatic hydroxyl groups is 1. The van der Waals surface area contributed by atoms with E-state index in [1.165, 1.54) is 6.42 Å². The minimum absolute atomic E-state index is 0.00352. The average molecular weight is 350 g/mol. The molecule has 0 unspecified atom stereocenters. The van der Waals surface area contributed by atoms with E-state index >= 15 is 0 Å². The van der Waals surface area contributed by atoms with Gasteiger partial charge in [-0.25, -0.2) is 4.79 Å². The molecule has 0 saturated heterocycles. The third kappa shape index (κ3) is 5.31. The lowest BCUT2D eigenvalue weighted by molar-refractivity contribution is -0.145. The topological polar surface area (TPSA) is 74.2 Å². The van der Waals surface area contributed by atoms with Crippen molar-refractivity contribution in [1.82, 2.24) is 0 Å². The van der Waals surface area contributed by atoms with E-state index in [1.807, 2.05) is 0 Å². The highest BCUT2D eigenvalue weighted by molar-refractivity contribution is 5.75. The van der Waals surface area contributed by atoms with Gasteiger partial charge in [-0.2, -0.15) is 0 Å². The molecule has 0 radical (unpaired) electrons. The molecule has 1 aromatic rings. The summed E-state index contributed by atoms with van der Waals surface area (Å²) < 4.78 is 21.7. The zero-order valence-electron chi connectivity index (χ0n) is 14.9. The van der Waals surface area contributed by atoms with Crippen molar-refractivity contribution >= 4 is 11.7 Å². The summed E-state index contributed by atoms with van der Waals surface area (Å²) >= 11 is 0. The minimum atomic E-state index is -0.465. The lowest BCUT2D eigenvalue weighted by atomic mass is 10.1. The van der Waals surface area contributed by atoms with Crippen molar-refractivity contribution in [1.29, 1.82) is 0 Å². The summed E-state index contributed by atoms with van der Waals surface area (Å²) in [6.45, 7) is 4.65. The second-order valence-electron chi connectivity index (χ2n) is 5.69. The van der Waals surface area contributed by atoms with E-state index in [1.54, 1.807) is 25.1 Å². The first kappa shape index (κ1) is 19.0. The van der Waals surface area contributed by atoms with Crippen molar-refractivity contribution < 1.29 is 28.8 Å². The highest BCUT2D eigenvalue weighted by atomic mass is 16.6. The molecule has 0 bridgehead atoms. The molecule has 0 spiro atoms. The molecule has 6 heteroatoms. The number of carbonyl (C=O) groups excluding carboxylic acids is 1. The Hall–Kier alpha value is -2.37. The van der Waals surface area contributed by atoms with E-state index < -0.39 is 5.97 Å². The molecule has 1 aromatic carbocycles. The predicted molar refractivity (Wildman–Crippen MR) is 93.7 cm³/mol. The number of fused-ring (bicyclic) bond motifs is 1. The van der Waals surface area contributed by atoms with E-state index in [4.69, 9.17) is 18.9 Å². The number of hydrogen-bond donors (Lipinski definition) is 1. The Morgan fingerprint density at radius 1 is 1.20 bits per heavy atom. The van der Waals surface area contributed by atoms with Crippen LogP contribution in [0.5, 0.6) is 11.5 Å². The van der Waals surface area contributed by atoms with Gasteiger partial charge in [-0.3, -0.25) is 0 Å². The van der Waals surface area contributed by atoms with Gasteiger partial charge in [0.25, 0.3) is 0 Å². The van der Waals surface area contributed by atoms with Gasteiger partial charge in [0.05, 0.1) is 13.2 Å². The largest absolute Gasteiger partial charge is 0.504 e. The Balaban J connectivity index is 2.06. The molecule has 0 saturated carbocycles. The molecule has 0 aliphatic carbocycles. The van der Waals surface area contributed by atoms with Gasteiger partial charge in [0.1, 0.15) is 23.7 Å². The third-order valence-electron chi connectivity index (χ3n) is 3.77. The van der Waals surface area contributed by atoms with Gasteiger partial charge in [0.2, 0.25) is 0 Å². The van der Waals surface area contributed by atoms with Crippen molar-refractivity contribution in [3.05, 3.63) is 29.5 Å². The van der Waals surface area contributed by atoms with Crippen molar-refractivity contribution in [3.8, 4) is 11.5 Å². The Morgan fingerprint density at radius 2 is 2.04 bits per heavy atom. The van der Waals surface area contributed by atoms with Gasteiger partial charge in [0, 0.05) is 0 Å². The quantitative estimate of drug-likeness (QED) is 0.510. The van der Waals surface area contributed by atoms with Crippen LogP contribution in [0.15, 0.2) is 24.0 Å². The van der Waals surface area contributed by atoms with Crippen LogP contribution in [0, 0.1) is 0 Å². The van der Waals surface area contributed by atoms with Gasteiger partial charge >= 0.3 is 5.97 Å². The number of aliphatic hydroxyl groups excluding tert-OH is 1. The molecule has 0 aromatic heterocycles. The van der Waals surface area contributed by atoms with Gasteiger partial charge in [-0.1, -0.05) is 32.3 Å². The monoisotopic (exact) mass is 350 g/mol. The number of esters is 1. The van der Waals surface area contributed by atoms with Crippen LogP contribution < -0.4 is 9.47 Å². The fraction of sp³-hybridized carbons (Fsp3) is 0.526. The molecular formula is C19H26O6. The van der Waals surface area contributed by atoms with E-state index in [-0.39, 0.29) is 19.0 Å². The van der Waals surface area contributed by atoms with E-state index in [0.29, 0.717) is 36.0 Å². The van der Waals surface area contributed by atoms with Crippen LogP contribution in [-0.4, -0.2) is 37.5 Å². The zero-order valence-corrected chi connectivity index (χ0v) is 14.9. The summed E-state index contributed by atoms with van der Waals surface area (Å²) in [6.07, 6.45) is 4.35. The first-order valence-corrected chi connectivity index (χ1v) is 8.76. The number of ether oxygens (including phenoxy) is 4. The normalized spacial score (nSPS) is 13.0. The van der Waals surface area contributed by atoms with E-state index in [9.17, 15) is 9.90 Å². The minimum Gasteiger partial charge on any atom is -0.504 e. The number of unbranched alkanes of at least 4 members (excludes halogenated alkanes) is 3. The fourth-order valence-corrected chi connectivity index (χ4v) is 2.51. The summed E-state index contributed by atoms with van der Waals surface area (Å²) in [7, 11) is 0. The molecule has 1 aliphatic rings. The van der Waals surface area contributed by atoms with E-state index in [0.717, 1.165) is 19.3 Å². The Morgan fingerprint density at radius 3 is 2.80 bits per heavy atom. The standard InChI is InChI=1S/C19H26O6/c1-3-5-6-7-11-23-16-12-24-14-9-8-10-15(18(14)19(16)21)25-13-17(20)22-4-2/h8-10,21H,3-7,11-13H2,1-2H3. The highest BCUT2D eigenvalue weighted by Crippen LogP contribution is 2.38. The zero-order chi connectivity index (χ0) is 18.1. The molecule has 6 nitrogen and oxygen atoms in total. The molecule has 2 rings (SSSR count). The second-order valence-corrected chi connectivity index (χ2v) is 5.69. The van der Waals surface area contributed by atoms with Crippen molar-refractivity contribution in [2.45, 2.75) is 39.5 Å². The van der Waals surface area contributed by atoms with Gasteiger partial charge in [-0.05, 0) is 25.5 Å². The maximum absolute atomic E-state index is 11.5. The molecule has 1 aliphatic heterocycles. The molecule has 0 atom stereocenters. The number of benzene rings is 1. The van der Waals surface area contributed by atoms with Crippen LogP contribution in [-0.2, 0) is 14.3 Å². The SMILES string of the molecule is CCCCCCOC1=C(O)c2c(OCC(=O)OCC)cccc2OC1. The van der Waals surface area contributed by atoms with Crippen LogP contribution in [0.25, 0.3) is 5.76 Å². The Kier molecular flexibility index (Phi) is 7.44. The van der Waals surface area contributed by atoms with Crippen molar-refractivity contribution in [2.75, 3.05) is 26.4 Å². The third-order valence-corrected chi connectivity index (χ3v) is 3.77. The summed E-state index contributed by atoms with van der Waals surface area (Å²) in [6, 6.07) is 5.14. The lowest BCUT2D eigenvalue weighted by Crippen LogP contribution is -2.18. The Bertz CT molecular complexity index is 608. The number of rotatable bonds is 10. The maximum atomic E-state index is 11.5. The first-order valence-electron chi connectivity index (χ1n) is 8.76. The van der Waals surface area contributed by atoms with Crippen LogP contribution in [0.2, 0.25) is 0 Å². The number of carbonyl (C=O) groups is 1. The molecule has 0 fully saturated rings. The number of hydrogen-bond acceptors (Lipinski definition) is 6. The average Bonchev–Trinajstić information content (AvgIpc) is 2.61. The molecule has 1 N–H and O–H groups in total. The Labute approximate surface area is 148 Å². The lowest BCUT2D eigenvalue weighted by Gasteiger charge is -2.23. The van der Waals surface area contributed by atoms with Gasteiger partial charge < -0.3 is 24.1 Å². The van der Waals surface area contributed by atoms with Crippen LogP contribution >= 0.6 is 0 Å². The van der Waals surface area contributed by atoms with Gasteiger partial charge in [-0.15, -0.1) is 0 Å². The summed E-state index contributed by atoms with van der Waals surface area (Å²) in [4.78, 5) is 11.5. The van der Waals surface area contributed by atoms with Crippen LogP contribution in [0.4, 0.5) is 0 Å². The first-order chi connectivity index (χ1) is 12.2. The van der Waals surface area contributed by atoms with Gasteiger partial charge in [0.15, 0.2) is 18.1 Å². The van der Waals surface area contributed by atoms with Crippen molar-refractivity contribution in [3.63, 3.8) is 0 Å². The van der Waals surface area contributed by atoms with Crippen molar-refractivity contribution in [2.24, 2.45) is 0 Å². The van der Waals surface area contributed by atoms with Crippen LogP contribution in [0.3, 0.4) is 0 Å². The fourth-order valence-electron chi connectivity index (χ4n) is 2.51.